The summed E-state index contributed by atoms with van der Waals surface area (Å²) in [5.74, 6) is 0.319. The normalized spacial score (nSPS) is 14.2. The van der Waals surface area contributed by atoms with Crippen LogP contribution in [0.4, 0.5) is 13.2 Å². The number of halogens is 3. The molecule has 7 nitrogen and oxygen atoms in total. The van der Waals surface area contributed by atoms with Gasteiger partial charge in [0.2, 0.25) is 10.0 Å². The first-order valence-corrected chi connectivity index (χ1v) is 12.5. The molecule has 0 saturated heterocycles. The predicted octanol–water partition coefficient (Wildman–Crippen LogP) is 3.09. The molecular weight excluding hydrogens is 457 g/mol. The lowest BCUT2D eigenvalue weighted by Gasteiger charge is -2.16. The summed E-state index contributed by atoms with van der Waals surface area (Å²) in [6, 6.07) is 10.7. The molecule has 0 saturated carbocycles. The van der Waals surface area contributed by atoms with Crippen molar-refractivity contribution in [1.29, 1.82) is 0 Å². The Kier molecular flexibility index (Phi) is 7.95. The number of rotatable bonds is 10. The molecule has 0 aliphatic rings. The fraction of sp³-hybridized carbons (Fsp3) is 0.474. The Morgan fingerprint density at radius 1 is 0.935 bits per heavy atom. The molecule has 12 heteroatoms. The smallest absolute Gasteiger partial charge is 0.492 e. The van der Waals surface area contributed by atoms with E-state index in [9.17, 15) is 30.0 Å². The first-order chi connectivity index (χ1) is 14.2. The van der Waals surface area contributed by atoms with Crippen molar-refractivity contribution in [3.05, 3.63) is 42.0 Å². The van der Waals surface area contributed by atoms with Crippen molar-refractivity contribution in [3.8, 4) is 5.75 Å². The van der Waals surface area contributed by atoms with Gasteiger partial charge in [0, 0.05) is 13.1 Å². The van der Waals surface area contributed by atoms with E-state index < -0.39 is 37.3 Å². The van der Waals surface area contributed by atoms with E-state index in [1.807, 2.05) is 25.1 Å². The first kappa shape index (κ1) is 25.4. The van der Waals surface area contributed by atoms with Gasteiger partial charge >= 0.3 is 15.5 Å². The molecule has 2 rings (SSSR count). The fourth-order valence-corrected chi connectivity index (χ4v) is 3.92. The van der Waals surface area contributed by atoms with Crippen LogP contribution in [0.5, 0.6) is 5.75 Å². The van der Waals surface area contributed by atoms with Crippen molar-refractivity contribution >= 4 is 30.8 Å². The minimum absolute atomic E-state index is 0.0597. The zero-order valence-electron chi connectivity index (χ0n) is 17.2. The van der Waals surface area contributed by atoms with Gasteiger partial charge in [-0.2, -0.15) is 13.2 Å². The number of sulfonamides is 2. The number of hydrogen-bond donors (Lipinski definition) is 2. The van der Waals surface area contributed by atoms with Crippen LogP contribution in [-0.2, 0) is 20.0 Å². The maximum Gasteiger partial charge on any atom is 0.511 e. The van der Waals surface area contributed by atoms with Gasteiger partial charge in [-0.25, -0.2) is 26.3 Å². The largest absolute Gasteiger partial charge is 0.511 e. The Hall–Kier alpha value is -1.89. The summed E-state index contributed by atoms with van der Waals surface area (Å²) in [5, 5.41) is 1.17. The predicted molar refractivity (Wildman–Crippen MR) is 113 cm³/mol. The maximum absolute atomic E-state index is 12.3. The van der Waals surface area contributed by atoms with Crippen molar-refractivity contribution in [1.82, 2.24) is 9.44 Å². The topological polar surface area (TPSA) is 102 Å². The Balaban J connectivity index is 1.99. The van der Waals surface area contributed by atoms with Crippen LogP contribution in [0.3, 0.4) is 0 Å². The third kappa shape index (κ3) is 6.79. The highest BCUT2D eigenvalue weighted by Crippen LogP contribution is 2.25. The summed E-state index contributed by atoms with van der Waals surface area (Å²) in [6.45, 7) is 4.58. The Morgan fingerprint density at radius 2 is 1.55 bits per heavy atom. The average molecular weight is 483 g/mol. The molecule has 1 unspecified atom stereocenters. The summed E-state index contributed by atoms with van der Waals surface area (Å²) in [7, 11) is -8.74. The Bertz CT molecular complexity index is 1120. The quantitative estimate of drug-likeness (QED) is 0.507. The number of nitrogens with one attached hydrogen (secondary N) is 2. The molecule has 0 aliphatic carbocycles. The van der Waals surface area contributed by atoms with E-state index in [4.69, 9.17) is 4.74 Å². The van der Waals surface area contributed by atoms with Gasteiger partial charge in [-0.05, 0) is 48.2 Å². The number of fused-ring (bicyclic) bond motifs is 1. The molecule has 2 aromatic carbocycles. The molecule has 0 amide bonds. The molecule has 0 bridgehead atoms. The van der Waals surface area contributed by atoms with E-state index >= 15 is 0 Å². The van der Waals surface area contributed by atoms with E-state index in [0.29, 0.717) is 5.75 Å². The molecule has 174 valence electrons. The lowest BCUT2D eigenvalue weighted by Crippen LogP contribution is -2.38. The highest BCUT2D eigenvalue weighted by atomic mass is 32.2. The van der Waals surface area contributed by atoms with Crippen molar-refractivity contribution in [2.75, 3.05) is 19.7 Å². The minimum atomic E-state index is -5.39. The lowest BCUT2D eigenvalue weighted by molar-refractivity contribution is -0.0448. The van der Waals surface area contributed by atoms with Crippen molar-refractivity contribution in [2.24, 2.45) is 0 Å². The molecule has 0 aliphatic heterocycles. The maximum atomic E-state index is 12.3. The fourth-order valence-electron chi connectivity index (χ4n) is 2.59. The van der Waals surface area contributed by atoms with Crippen LogP contribution in [0.1, 0.15) is 32.3 Å². The van der Waals surface area contributed by atoms with E-state index in [2.05, 4.69) is 4.72 Å². The summed E-state index contributed by atoms with van der Waals surface area (Å²) in [5.41, 5.74) is -4.42. The number of alkyl halides is 3. The van der Waals surface area contributed by atoms with Crippen LogP contribution < -0.4 is 14.2 Å². The van der Waals surface area contributed by atoms with Gasteiger partial charge in [-0.3, -0.25) is 0 Å². The van der Waals surface area contributed by atoms with Crippen molar-refractivity contribution in [3.63, 3.8) is 0 Å². The summed E-state index contributed by atoms with van der Waals surface area (Å²) in [6.07, 6.45) is 0. The number of hydrogen-bond acceptors (Lipinski definition) is 5. The molecule has 0 heterocycles. The molecule has 2 aromatic rings. The molecule has 0 radical (unpaired) electrons. The molecule has 0 aromatic heterocycles. The molecule has 1 atom stereocenters. The van der Waals surface area contributed by atoms with Gasteiger partial charge in [0.1, 0.15) is 12.4 Å². The number of benzene rings is 2. The van der Waals surface area contributed by atoms with Crippen LogP contribution in [-0.4, -0.2) is 47.3 Å². The Morgan fingerprint density at radius 3 is 2.16 bits per heavy atom. The van der Waals surface area contributed by atoms with Crippen LogP contribution in [0.15, 0.2) is 36.4 Å². The third-order valence-corrected chi connectivity index (χ3v) is 7.59. The van der Waals surface area contributed by atoms with Crippen LogP contribution in [0.2, 0.25) is 0 Å². The van der Waals surface area contributed by atoms with Crippen molar-refractivity contribution < 1.29 is 34.7 Å². The third-order valence-electron chi connectivity index (χ3n) is 4.58. The van der Waals surface area contributed by atoms with Gasteiger partial charge in [-0.15, -0.1) is 0 Å². The molecule has 0 fully saturated rings. The molecule has 31 heavy (non-hydrogen) atoms. The van der Waals surface area contributed by atoms with Crippen LogP contribution >= 0.6 is 0 Å². The van der Waals surface area contributed by atoms with Gasteiger partial charge in [0.15, 0.2) is 0 Å². The lowest BCUT2D eigenvalue weighted by atomic mass is 9.98. The van der Waals surface area contributed by atoms with E-state index in [0.717, 1.165) is 16.3 Å². The highest BCUT2D eigenvalue weighted by Gasteiger charge is 2.45. The van der Waals surface area contributed by atoms with Crippen LogP contribution in [0, 0.1) is 0 Å². The van der Waals surface area contributed by atoms with Gasteiger partial charge in [0.25, 0.3) is 0 Å². The monoisotopic (exact) mass is 482 g/mol. The number of ether oxygens (including phenoxy) is 1. The standard InChI is InChI=1S/C19H25F3N2O5S2/c1-13(2)30(25,26)24-12-14(3)15-4-5-17-11-18(7-6-16(17)10-15)29-9-8-23-31(27,28)19(20,21)22/h4-7,10-11,13-14,23-24H,8-9,12H2,1-3H3. The van der Waals surface area contributed by atoms with Gasteiger partial charge in [-0.1, -0.05) is 31.2 Å². The van der Waals surface area contributed by atoms with E-state index in [1.54, 1.807) is 32.0 Å². The van der Waals surface area contributed by atoms with E-state index in [-0.39, 0.29) is 19.1 Å². The first-order valence-electron chi connectivity index (χ1n) is 9.44. The molecular formula is C19H25F3N2O5S2. The molecule has 2 N–H and O–H groups in total. The highest BCUT2D eigenvalue weighted by molar-refractivity contribution is 7.90. The second-order valence-corrected chi connectivity index (χ2v) is 11.4. The second-order valence-electron chi connectivity index (χ2n) is 7.30. The van der Waals surface area contributed by atoms with E-state index in [1.165, 1.54) is 4.72 Å². The zero-order chi connectivity index (χ0) is 23.4. The molecule has 0 spiro atoms. The average Bonchev–Trinajstić information content (AvgIpc) is 2.68. The second kappa shape index (κ2) is 9.72. The zero-order valence-corrected chi connectivity index (χ0v) is 18.9. The SMILES string of the molecule is CC(CNS(=O)(=O)C(C)C)c1ccc2cc(OCCNS(=O)(=O)C(F)(F)F)ccc2c1. The summed E-state index contributed by atoms with van der Waals surface area (Å²) < 4.78 is 91.8. The summed E-state index contributed by atoms with van der Waals surface area (Å²) in [4.78, 5) is 0. The Labute approximate surface area is 180 Å². The van der Waals surface area contributed by atoms with Gasteiger partial charge in [0.05, 0.1) is 5.25 Å². The minimum Gasteiger partial charge on any atom is -0.492 e. The van der Waals surface area contributed by atoms with Crippen LogP contribution in [0.25, 0.3) is 10.8 Å². The van der Waals surface area contributed by atoms with Crippen molar-refractivity contribution in [2.45, 2.75) is 37.4 Å². The summed E-state index contributed by atoms with van der Waals surface area (Å²) >= 11 is 0. The van der Waals surface area contributed by atoms with Gasteiger partial charge < -0.3 is 4.74 Å².